The standard InChI is InChI=1S/C12H22N2O6/c1-3-8(4-2)14(5-6-15)12(20)13-9(11(18)19)7-10(16)17/h8-9,15H,3-7H2,1-2H3,(H,13,20)(H,16,17)(H,18,19)/t9-/m1/s1. The molecule has 0 bridgehead atoms. The molecule has 8 nitrogen and oxygen atoms in total. The summed E-state index contributed by atoms with van der Waals surface area (Å²) >= 11 is 0. The average molecular weight is 290 g/mol. The highest BCUT2D eigenvalue weighted by molar-refractivity contribution is 5.86. The number of hydrogen-bond acceptors (Lipinski definition) is 4. The van der Waals surface area contributed by atoms with Crippen molar-refractivity contribution >= 4 is 18.0 Å². The predicted molar refractivity (Wildman–Crippen MR) is 70.4 cm³/mol. The van der Waals surface area contributed by atoms with Crippen molar-refractivity contribution in [1.82, 2.24) is 10.2 Å². The van der Waals surface area contributed by atoms with Gasteiger partial charge in [0, 0.05) is 12.6 Å². The van der Waals surface area contributed by atoms with E-state index in [-0.39, 0.29) is 19.2 Å². The van der Waals surface area contributed by atoms with Crippen LogP contribution in [0.4, 0.5) is 4.79 Å². The molecule has 0 aliphatic carbocycles. The van der Waals surface area contributed by atoms with Gasteiger partial charge in [-0.05, 0) is 12.8 Å². The highest BCUT2D eigenvalue weighted by Crippen LogP contribution is 2.09. The molecule has 0 radical (unpaired) electrons. The molecule has 8 heteroatoms. The van der Waals surface area contributed by atoms with Crippen LogP contribution in [0, 0.1) is 0 Å². The zero-order valence-electron chi connectivity index (χ0n) is 11.7. The Kier molecular flexibility index (Phi) is 8.30. The fraction of sp³-hybridized carbons (Fsp3) is 0.750. The van der Waals surface area contributed by atoms with Gasteiger partial charge in [-0.2, -0.15) is 0 Å². The molecule has 0 aromatic rings. The largest absolute Gasteiger partial charge is 0.481 e. The molecule has 0 aromatic heterocycles. The van der Waals surface area contributed by atoms with Crippen molar-refractivity contribution in [2.24, 2.45) is 0 Å². The van der Waals surface area contributed by atoms with Gasteiger partial charge in [0.25, 0.3) is 0 Å². The van der Waals surface area contributed by atoms with Crippen molar-refractivity contribution in [3.05, 3.63) is 0 Å². The molecule has 4 N–H and O–H groups in total. The van der Waals surface area contributed by atoms with Crippen LogP contribution >= 0.6 is 0 Å². The number of urea groups is 1. The van der Waals surface area contributed by atoms with Gasteiger partial charge >= 0.3 is 18.0 Å². The first kappa shape index (κ1) is 18.2. The first-order valence-corrected chi connectivity index (χ1v) is 6.49. The van der Waals surface area contributed by atoms with Crippen LogP contribution in [0.2, 0.25) is 0 Å². The van der Waals surface area contributed by atoms with E-state index in [0.717, 1.165) is 0 Å². The number of amides is 2. The van der Waals surface area contributed by atoms with Gasteiger partial charge in [0.1, 0.15) is 6.04 Å². The van der Waals surface area contributed by atoms with Crippen LogP contribution in [-0.2, 0) is 9.59 Å². The zero-order chi connectivity index (χ0) is 15.7. The van der Waals surface area contributed by atoms with Gasteiger partial charge in [-0.3, -0.25) is 4.79 Å². The first-order valence-electron chi connectivity index (χ1n) is 6.49. The lowest BCUT2D eigenvalue weighted by Gasteiger charge is -2.31. The summed E-state index contributed by atoms with van der Waals surface area (Å²) in [5, 5.41) is 28.7. The summed E-state index contributed by atoms with van der Waals surface area (Å²) < 4.78 is 0. The monoisotopic (exact) mass is 290 g/mol. The van der Waals surface area contributed by atoms with Crippen LogP contribution < -0.4 is 5.32 Å². The Balaban J connectivity index is 4.87. The van der Waals surface area contributed by atoms with Crippen LogP contribution in [0.15, 0.2) is 0 Å². The van der Waals surface area contributed by atoms with E-state index >= 15 is 0 Å². The Morgan fingerprint density at radius 1 is 1.15 bits per heavy atom. The summed E-state index contributed by atoms with van der Waals surface area (Å²) in [4.78, 5) is 34.9. The summed E-state index contributed by atoms with van der Waals surface area (Å²) in [6, 6.07) is -2.31. The van der Waals surface area contributed by atoms with Crippen molar-refractivity contribution in [2.45, 2.75) is 45.2 Å². The average Bonchev–Trinajstić information content (AvgIpc) is 2.37. The van der Waals surface area contributed by atoms with Gasteiger partial charge < -0.3 is 25.5 Å². The Hall–Kier alpha value is -1.83. The van der Waals surface area contributed by atoms with Gasteiger partial charge in [-0.25, -0.2) is 9.59 Å². The molecule has 0 aliphatic heterocycles. The third-order valence-electron chi connectivity index (χ3n) is 2.96. The second kappa shape index (κ2) is 9.13. The molecule has 116 valence electrons. The van der Waals surface area contributed by atoms with Crippen LogP contribution in [0.25, 0.3) is 0 Å². The molecule has 0 aromatic carbocycles. The number of hydrogen-bond donors (Lipinski definition) is 4. The summed E-state index contributed by atoms with van der Waals surface area (Å²) in [6.07, 6.45) is 0.609. The molecule has 0 heterocycles. The smallest absolute Gasteiger partial charge is 0.326 e. The highest BCUT2D eigenvalue weighted by atomic mass is 16.4. The van der Waals surface area contributed by atoms with Crippen molar-refractivity contribution in [3.8, 4) is 0 Å². The second-order valence-electron chi connectivity index (χ2n) is 4.33. The fourth-order valence-electron chi connectivity index (χ4n) is 1.89. The van der Waals surface area contributed by atoms with Crippen LogP contribution in [0.3, 0.4) is 0 Å². The third-order valence-corrected chi connectivity index (χ3v) is 2.96. The van der Waals surface area contributed by atoms with Gasteiger partial charge in [0.15, 0.2) is 0 Å². The Morgan fingerprint density at radius 2 is 1.70 bits per heavy atom. The normalized spacial score (nSPS) is 12.0. The van der Waals surface area contributed by atoms with Gasteiger partial charge in [0.2, 0.25) is 0 Å². The van der Waals surface area contributed by atoms with E-state index in [9.17, 15) is 14.4 Å². The van der Waals surface area contributed by atoms with E-state index in [1.807, 2.05) is 13.8 Å². The second-order valence-corrected chi connectivity index (χ2v) is 4.33. The topological polar surface area (TPSA) is 127 Å². The summed E-state index contributed by atoms with van der Waals surface area (Å²) in [7, 11) is 0. The SMILES string of the molecule is CCC(CC)N(CCO)C(=O)N[C@H](CC(=O)O)C(=O)O. The minimum atomic E-state index is -1.49. The van der Waals surface area contributed by atoms with E-state index in [1.54, 1.807) is 0 Å². The third kappa shape index (κ3) is 5.87. The molecule has 0 saturated heterocycles. The minimum absolute atomic E-state index is 0.0671. The van der Waals surface area contributed by atoms with E-state index in [2.05, 4.69) is 5.32 Å². The van der Waals surface area contributed by atoms with Crippen molar-refractivity contribution in [1.29, 1.82) is 0 Å². The number of aliphatic hydroxyl groups excluding tert-OH is 1. The van der Waals surface area contributed by atoms with Crippen molar-refractivity contribution in [3.63, 3.8) is 0 Å². The Bertz CT molecular complexity index is 343. The molecule has 0 fully saturated rings. The van der Waals surface area contributed by atoms with Gasteiger partial charge in [0.05, 0.1) is 13.0 Å². The number of nitrogens with zero attached hydrogens (tertiary/aromatic N) is 1. The molecule has 0 unspecified atom stereocenters. The number of aliphatic carboxylic acids is 2. The molecule has 0 saturated carbocycles. The molecular weight excluding hydrogens is 268 g/mol. The summed E-state index contributed by atoms with van der Waals surface area (Å²) in [5.74, 6) is -2.72. The van der Waals surface area contributed by atoms with E-state index in [1.165, 1.54) is 4.90 Å². The number of nitrogens with one attached hydrogen (secondary N) is 1. The van der Waals surface area contributed by atoms with Crippen LogP contribution in [0.5, 0.6) is 0 Å². The van der Waals surface area contributed by atoms with Crippen LogP contribution in [0.1, 0.15) is 33.1 Å². The van der Waals surface area contributed by atoms with Crippen LogP contribution in [-0.4, -0.2) is 63.4 Å². The minimum Gasteiger partial charge on any atom is -0.481 e. The lowest BCUT2D eigenvalue weighted by molar-refractivity contribution is -0.145. The fourth-order valence-corrected chi connectivity index (χ4v) is 1.89. The molecular formula is C12H22N2O6. The Morgan fingerprint density at radius 3 is 2.05 bits per heavy atom. The predicted octanol–water partition coefficient (Wildman–Crippen LogP) is 0.107. The van der Waals surface area contributed by atoms with Gasteiger partial charge in [-0.15, -0.1) is 0 Å². The molecule has 0 aliphatic rings. The van der Waals surface area contributed by atoms with Gasteiger partial charge in [-0.1, -0.05) is 13.8 Å². The number of aliphatic hydroxyl groups is 1. The first-order chi connectivity index (χ1) is 9.37. The summed E-state index contributed by atoms with van der Waals surface area (Å²) in [5.41, 5.74) is 0. The molecule has 1 atom stereocenters. The maximum Gasteiger partial charge on any atom is 0.326 e. The number of carbonyl (C=O) groups is 3. The van der Waals surface area contributed by atoms with Crippen molar-refractivity contribution < 1.29 is 29.7 Å². The quantitative estimate of drug-likeness (QED) is 0.477. The molecule has 2 amide bonds. The highest BCUT2D eigenvalue weighted by Gasteiger charge is 2.27. The van der Waals surface area contributed by atoms with Crippen molar-refractivity contribution in [2.75, 3.05) is 13.2 Å². The molecule has 20 heavy (non-hydrogen) atoms. The number of carbonyl (C=O) groups excluding carboxylic acids is 1. The lowest BCUT2D eigenvalue weighted by atomic mass is 10.1. The zero-order valence-corrected chi connectivity index (χ0v) is 11.7. The Labute approximate surface area is 117 Å². The molecule has 0 spiro atoms. The number of rotatable bonds is 9. The number of carboxylic acid groups (broad SMARTS) is 2. The summed E-state index contributed by atoms with van der Waals surface area (Å²) in [6.45, 7) is 3.56. The lowest BCUT2D eigenvalue weighted by Crippen LogP contribution is -2.52. The number of carboxylic acids is 2. The molecule has 0 rings (SSSR count). The van der Waals surface area contributed by atoms with E-state index < -0.39 is 30.4 Å². The maximum absolute atomic E-state index is 12.0. The van der Waals surface area contributed by atoms with E-state index in [0.29, 0.717) is 12.8 Å². The van der Waals surface area contributed by atoms with E-state index in [4.69, 9.17) is 15.3 Å². The maximum atomic E-state index is 12.0.